The maximum atomic E-state index is 2.27. The van der Waals surface area contributed by atoms with E-state index in [1.54, 1.807) is 0 Å². The molecule has 114 valence electrons. The van der Waals surface area contributed by atoms with Crippen LogP contribution in [0, 0.1) is 0 Å². The SMILES string of the molecule is C(=C(/SCc1ccccc1)Sc1ccccc1)/c1ccccc1. The monoisotopic (exact) mass is 334 g/mol. The first-order chi connectivity index (χ1) is 11.4. The zero-order valence-electron chi connectivity index (χ0n) is 12.8. The summed E-state index contributed by atoms with van der Waals surface area (Å²) in [5.74, 6) is 0.985. The van der Waals surface area contributed by atoms with Gasteiger partial charge in [0.1, 0.15) is 0 Å². The van der Waals surface area contributed by atoms with Crippen molar-refractivity contribution in [3.63, 3.8) is 0 Å². The van der Waals surface area contributed by atoms with Gasteiger partial charge in [-0.05, 0) is 29.3 Å². The highest BCUT2D eigenvalue weighted by molar-refractivity contribution is 8.22. The van der Waals surface area contributed by atoms with Gasteiger partial charge >= 0.3 is 0 Å². The van der Waals surface area contributed by atoms with Crippen LogP contribution in [0.2, 0.25) is 0 Å². The molecule has 0 fully saturated rings. The van der Waals surface area contributed by atoms with Gasteiger partial charge in [-0.1, -0.05) is 90.6 Å². The Bertz CT molecular complexity index is 735. The standard InChI is InChI=1S/C21H18S2/c1-4-10-18(11-5-1)16-21(23-20-14-8-3-9-15-20)22-17-19-12-6-2-7-13-19/h1-16H,17H2/b21-16+. The van der Waals surface area contributed by atoms with E-state index in [1.165, 1.54) is 20.3 Å². The molecular weight excluding hydrogens is 316 g/mol. The summed E-state index contributed by atoms with van der Waals surface area (Å²) in [7, 11) is 0. The Hall–Kier alpha value is -1.90. The molecule has 23 heavy (non-hydrogen) atoms. The van der Waals surface area contributed by atoms with Gasteiger partial charge in [-0.25, -0.2) is 0 Å². The summed E-state index contributed by atoms with van der Waals surface area (Å²) in [6, 6.07) is 31.7. The molecule has 0 nitrogen and oxygen atoms in total. The lowest BCUT2D eigenvalue weighted by molar-refractivity contribution is 1.42. The molecule has 0 unspecified atom stereocenters. The molecule has 0 aromatic heterocycles. The first kappa shape index (κ1) is 16.0. The van der Waals surface area contributed by atoms with E-state index in [1.807, 2.05) is 23.5 Å². The van der Waals surface area contributed by atoms with Crippen molar-refractivity contribution < 1.29 is 0 Å². The second kappa shape index (κ2) is 8.66. The van der Waals surface area contributed by atoms with E-state index in [-0.39, 0.29) is 0 Å². The van der Waals surface area contributed by atoms with Crippen LogP contribution in [0.15, 0.2) is 100 Å². The van der Waals surface area contributed by atoms with E-state index in [2.05, 4.69) is 97.1 Å². The van der Waals surface area contributed by atoms with E-state index in [9.17, 15) is 0 Å². The molecule has 3 aromatic carbocycles. The smallest absolute Gasteiger partial charge is 0.0459 e. The molecule has 0 spiro atoms. The minimum absolute atomic E-state index is 0.985. The Morgan fingerprint density at radius 2 is 1.26 bits per heavy atom. The van der Waals surface area contributed by atoms with Crippen molar-refractivity contribution in [1.82, 2.24) is 0 Å². The van der Waals surface area contributed by atoms with Crippen LogP contribution in [0.1, 0.15) is 11.1 Å². The highest BCUT2D eigenvalue weighted by Gasteiger charge is 2.03. The molecule has 0 amide bonds. The third-order valence-electron chi connectivity index (χ3n) is 3.27. The maximum absolute atomic E-state index is 2.27. The van der Waals surface area contributed by atoms with Crippen molar-refractivity contribution in [1.29, 1.82) is 0 Å². The van der Waals surface area contributed by atoms with Crippen LogP contribution < -0.4 is 0 Å². The first-order valence-corrected chi connectivity index (χ1v) is 9.37. The highest BCUT2D eigenvalue weighted by Crippen LogP contribution is 2.37. The summed E-state index contributed by atoms with van der Waals surface area (Å²) in [5, 5.41) is 0. The summed E-state index contributed by atoms with van der Waals surface area (Å²) < 4.78 is 1.31. The van der Waals surface area contributed by atoms with Gasteiger partial charge in [0.25, 0.3) is 0 Å². The topological polar surface area (TPSA) is 0 Å². The molecule has 0 aliphatic carbocycles. The van der Waals surface area contributed by atoms with E-state index < -0.39 is 0 Å². The van der Waals surface area contributed by atoms with Crippen LogP contribution in [0.25, 0.3) is 6.08 Å². The predicted molar refractivity (Wildman–Crippen MR) is 104 cm³/mol. The lowest BCUT2D eigenvalue weighted by Gasteiger charge is -2.08. The van der Waals surface area contributed by atoms with Gasteiger partial charge in [0.05, 0.1) is 0 Å². The summed E-state index contributed by atoms with van der Waals surface area (Å²) >= 11 is 3.72. The fraction of sp³-hybridized carbons (Fsp3) is 0.0476. The van der Waals surface area contributed by atoms with E-state index >= 15 is 0 Å². The maximum Gasteiger partial charge on any atom is 0.0459 e. The van der Waals surface area contributed by atoms with Crippen LogP contribution >= 0.6 is 23.5 Å². The van der Waals surface area contributed by atoms with Crippen LogP contribution in [0.5, 0.6) is 0 Å². The zero-order valence-corrected chi connectivity index (χ0v) is 14.4. The summed E-state index contributed by atoms with van der Waals surface area (Å²) in [5.41, 5.74) is 2.59. The van der Waals surface area contributed by atoms with Gasteiger partial charge in [-0.15, -0.1) is 11.8 Å². The first-order valence-electron chi connectivity index (χ1n) is 7.56. The Kier molecular flexibility index (Phi) is 6.01. The molecule has 0 aliphatic heterocycles. The quantitative estimate of drug-likeness (QED) is 0.459. The molecule has 0 saturated heterocycles. The largest absolute Gasteiger partial charge is 0.114 e. The van der Waals surface area contributed by atoms with Crippen molar-refractivity contribution in [2.75, 3.05) is 0 Å². The van der Waals surface area contributed by atoms with E-state index in [0.29, 0.717) is 0 Å². The average molecular weight is 335 g/mol. The molecule has 0 aliphatic rings. The molecule has 3 aromatic rings. The highest BCUT2D eigenvalue weighted by atomic mass is 32.2. The number of thioether (sulfide) groups is 2. The fourth-order valence-corrected chi connectivity index (χ4v) is 4.26. The van der Waals surface area contributed by atoms with Gasteiger partial charge in [0.2, 0.25) is 0 Å². The third-order valence-corrected chi connectivity index (χ3v) is 5.58. The van der Waals surface area contributed by atoms with E-state index in [4.69, 9.17) is 0 Å². The number of rotatable bonds is 6. The predicted octanol–water partition coefficient (Wildman–Crippen LogP) is 6.71. The molecule has 2 heteroatoms. The fourth-order valence-electron chi connectivity index (χ4n) is 2.12. The Morgan fingerprint density at radius 3 is 1.91 bits per heavy atom. The van der Waals surface area contributed by atoms with Crippen molar-refractivity contribution in [3.05, 3.63) is 106 Å². The summed E-state index contributed by atoms with van der Waals surface area (Å²) in [6.45, 7) is 0. The minimum Gasteiger partial charge on any atom is -0.114 e. The average Bonchev–Trinajstić information content (AvgIpc) is 2.62. The molecule has 3 rings (SSSR count). The Morgan fingerprint density at radius 1 is 0.696 bits per heavy atom. The van der Waals surface area contributed by atoms with Crippen molar-refractivity contribution in [3.8, 4) is 0 Å². The van der Waals surface area contributed by atoms with E-state index in [0.717, 1.165) is 5.75 Å². The molecule has 0 saturated carbocycles. The number of benzene rings is 3. The summed E-state index contributed by atoms with van der Waals surface area (Å²) in [6.07, 6.45) is 2.27. The molecule has 0 atom stereocenters. The van der Waals surface area contributed by atoms with Crippen LogP contribution in [0.4, 0.5) is 0 Å². The lowest BCUT2D eigenvalue weighted by atomic mass is 10.2. The van der Waals surface area contributed by atoms with Gasteiger partial charge in [-0.3, -0.25) is 0 Å². The molecule has 0 bridgehead atoms. The normalized spacial score (nSPS) is 11.4. The van der Waals surface area contributed by atoms with Crippen molar-refractivity contribution >= 4 is 29.6 Å². The molecular formula is C21H18S2. The molecule has 0 N–H and O–H groups in total. The van der Waals surface area contributed by atoms with Gasteiger partial charge in [0.15, 0.2) is 0 Å². The number of hydrogen-bond donors (Lipinski definition) is 0. The Balaban J connectivity index is 1.77. The van der Waals surface area contributed by atoms with Crippen molar-refractivity contribution in [2.45, 2.75) is 10.6 Å². The number of hydrogen-bond acceptors (Lipinski definition) is 2. The van der Waals surface area contributed by atoms with Crippen LogP contribution in [0.3, 0.4) is 0 Å². The van der Waals surface area contributed by atoms with Crippen LogP contribution in [-0.4, -0.2) is 0 Å². The second-order valence-electron chi connectivity index (χ2n) is 5.06. The molecule has 0 radical (unpaired) electrons. The van der Waals surface area contributed by atoms with Crippen LogP contribution in [-0.2, 0) is 5.75 Å². The van der Waals surface area contributed by atoms with Gasteiger partial charge in [0, 0.05) is 14.9 Å². The minimum atomic E-state index is 0.985. The van der Waals surface area contributed by atoms with Gasteiger partial charge < -0.3 is 0 Å². The summed E-state index contributed by atoms with van der Waals surface area (Å²) in [4.78, 5) is 1.27. The van der Waals surface area contributed by atoms with Gasteiger partial charge in [-0.2, -0.15) is 0 Å². The molecule has 0 heterocycles. The van der Waals surface area contributed by atoms with Crippen molar-refractivity contribution in [2.24, 2.45) is 0 Å². The lowest BCUT2D eigenvalue weighted by Crippen LogP contribution is -1.81. The Labute approximate surface area is 146 Å². The zero-order chi connectivity index (χ0) is 15.7. The second-order valence-corrected chi connectivity index (χ2v) is 7.45. The third kappa shape index (κ3) is 5.34.